The lowest BCUT2D eigenvalue weighted by molar-refractivity contribution is -0.118. The first-order valence-corrected chi connectivity index (χ1v) is 10.0. The van der Waals surface area contributed by atoms with E-state index >= 15 is 0 Å². The number of amides is 1. The van der Waals surface area contributed by atoms with Crippen molar-refractivity contribution in [3.63, 3.8) is 0 Å². The number of pyridine rings is 1. The van der Waals surface area contributed by atoms with E-state index in [0.717, 1.165) is 22.7 Å². The fourth-order valence-electron chi connectivity index (χ4n) is 2.62. The van der Waals surface area contributed by atoms with Crippen molar-refractivity contribution in [1.29, 1.82) is 0 Å². The summed E-state index contributed by atoms with van der Waals surface area (Å²) < 4.78 is 12.3. The van der Waals surface area contributed by atoms with Crippen molar-refractivity contribution in [3.8, 4) is 17.1 Å². The third-order valence-corrected chi connectivity index (χ3v) is 5.12. The van der Waals surface area contributed by atoms with E-state index in [2.05, 4.69) is 20.5 Å². The number of methoxy groups -OCH3 is 2. The normalized spacial score (nSPS) is 10.7. The summed E-state index contributed by atoms with van der Waals surface area (Å²) in [6, 6.07) is 11.3. The summed E-state index contributed by atoms with van der Waals surface area (Å²) in [5.41, 5.74) is 1.92. The molecule has 3 aromatic rings. The van der Waals surface area contributed by atoms with Crippen molar-refractivity contribution >= 4 is 17.7 Å². The Morgan fingerprint density at radius 1 is 1.10 bits per heavy atom. The molecule has 0 unspecified atom stereocenters. The smallest absolute Gasteiger partial charge is 0.230 e. The van der Waals surface area contributed by atoms with E-state index in [-0.39, 0.29) is 11.7 Å². The number of nitrogens with zero attached hydrogens (tertiary/aromatic N) is 4. The molecule has 1 amide bonds. The van der Waals surface area contributed by atoms with Crippen molar-refractivity contribution in [2.75, 3.05) is 26.6 Å². The fraction of sp³-hybridized carbons (Fsp3) is 0.300. The molecule has 0 aliphatic rings. The van der Waals surface area contributed by atoms with E-state index in [4.69, 9.17) is 9.47 Å². The third-order valence-electron chi connectivity index (χ3n) is 4.16. The molecule has 0 aliphatic carbocycles. The second kappa shape index (κ2) is 10.6. The van der Waals surface area contributed by atoms with Gasteiger partial charge in [0, 0.05) is 31.6 Å². The van der Waals surface area contributed by atoms with Gasteiger partial charge in [0.1, 0.15) is 5.75 Å². The highest BCUT2D eigenvalue weighted by Crippen LogP contribution is 2.23. The van der Waals surface area contributed by atoms with Gasteiger partial charge in [0.25, 0.3) is 0 Å². The predicted molar refractivity (Wildman–Crippen MR) is 111 cm³/mol. The van der Waals surface area contributed by atoms with Crippen LogP contribution in [0, 0.1) is 0 Å². The lowest BCUT2D eigenvalue weighted by Crippen LogP contribution is -2.24. The number of hydrogen-bond acceptors (Lipinski definition) is 7. The van der Waals surface area contributed by atoms with E-state index in [1.54, 1.807) is 26.6 Å². The van der Waals surface area contributed by atoms with Crippen molar-refractivity contribution in [1.82, 2.24) is 25.1 Å². The molecule has 0 saturated carbocycles. The van der Waals surface area contributed by atoms with Crippen LogP contribution in [0.3, 0.4) is 0 Å². The van der Waals surface area contributed by atoms with Crippen molar-refractivity contribution < 1.29 is 14.3 Å². The summed E-state index contributed by atoms with van der Waals surface area (Å²) >= 11 is 1.35. The Morgan fingerprint density at radius 2 is 1.86 bits per heavy atom. The number of carbonyl (C=O) groups excluding carboxylic acids is 1. The van der Waals surface area contributed by atoms with E-state index in [9.17, 15) is 4.79 Å². The van der Waals surface area contributed by atoms with Crippen molar-refractivity contribution in [2.24, 2.45) is 0 Å². The van der Waals surface area contributed by atoms with Crippen LogP contribution in [-0.2, 0) is 22.6 Å². The molecule has 1 aromatic carbocycles. The molecule has 0 fully saturated rings. The van der Waals surface area contributed by atoms with Crippen LogP contribution in [0.25, 0.3) is 11.4 Å². The second-order valence-electron chi connectivity index (χ2n) is 6.10. The minimum Gasteiger partial charge on any atom is -0.497 e. The van der Waals surface area contributed by atoms with E-state index in [1.807, 2.05) is 41.0 Å². The van der Waals surface area contributed by atoms with Crippen LogP contribution in [-0.4, -0.2) is 52.2 Å². The number of carbonyl (C=O) groups is 1. The molecule has 2 heterocycles. The topological polar surface area (TPSA) is 91.2 Å². The molecule has 2 aromatic heterocycles. The number of benzene rings is 1. The molecule has 0 atom stereocenters. The van der Waals surface area contributed by atoms with Gasteiger partial charge in [0.05, 0.1) is 26.0 Å². The van der Waals surface area contributed by atoms with Crippen LogP contribution in [0.2, 0.25) is 0 Å². The molecular weight excluding hydrogens is 390 g/mol. The number of nitrogens with one attached hydrogen (secondary N) is 1. The van der Waals surface area contributed by atoms with E-state index in [0.29, 0.717) is 24.9 Å². The van der Waals surface area contributed by atoms with Gasteiger partial charge in [-0.1, -0.05) is 23.9 Å². The molecule has 1 N–H and O–H groups in total. The van der Waals surface area contributed by atoms with Crippen LogP contribution in [0.5, 0.6) is 5.75 Å². The van der Waals surface area contributed by atoms with Gasteiger partial charge in [0.2, 0.25) is 5.91 Å². The van der Waals surface area contributed by atoms with Gasteiger partial charge >= 0.3 is 0 Å². The summed E-state index contributed by atoms with van der Waals surface area (Å²) in [5, 5.41) is 12.1. The zero-order valence-corrected chi connectivity index (χ0v) is 17.2. The monoisotopic (exact) mass is 413 g/mol. The molecule has 9 heteroatoms. The van der Waals surface area contributed by atoms with E-state index in [1.165, 1.54) is 11.8 Å². The summed E-state index contributed by atoms with van der Waals surface area (Å²) in [5.74, 6) is 1.69. The number of hydrogen-bond donors (Lipinski definition) is 1. The molecule has 0 spiro atoms. The maximum atomic E-state index is 12.3. The maximum absolute atomic E-state index is 12.3. The molecule has 8 nitrogen and oxygen atoms in total. The Bertz CT molecular complexity index is 916. The predicted octanol–water partition coefficient (Wildman–Crippen LogP) is 2.40. The Kier molecular flexibility index (Phi) is 7.60. The fourth-order valence-corrected chi connectivity index (χ4v) is 3.41. The van der Waals surface area contributed by atoms with Crippen LogP contribution < -0.4 is 10.1 Å². The molecular formula is C20H23N5O3S. The Hall–Kier alpha value is -2.91. The number of aromatic nitrogens is 4. The highest BCUT2D eigenvalue weighted by atomic mass is 32.2. The second-order valence-corrected chi connectivity index (χ2v) is 7.04. The molecule has 3 rings (SSSR count). The molecule has 0 radical (unpaired) electrons. The van der Waals surface area contributed by atoms with Crippen LogP contribution >= 0.6 is 11.8 Å². The first-order valence-electron chi connectivity index (χ1n) is 9.06. The molecule has 0 aliphatic heterocycles. The Labute approximate surface area is 173 Å². The largest absolute Gasteiger partial charge is 0.497 e. The molecule has 152 valence electrons. The van der Waals surface area contributed by atoms with Gasteiger partial charge in [0.15, 0.2) is 11.0 Å². The average Bonchev–Trinajstić information content (AvgIpc) is 3.18. The van der Waals surface area contributed by atoms with Crippen molar-refractivity contribution in [3.05, 3.63) is 54.4 Å². The lowest BCUT2D eigenvalue weighted by atomic mass is 10.2. The van der Waals surface area contributed by atoms with Crippen LogP contribution in [0.15, 0.2) is 53.9 Å². The first kappa shape index (κ1) is 20.8. The highest BCUT2D eigenvalue weighted by molar-refractivity contribution is 7.99. The number of ether oxygens (including phenoxy) is 2. The Morgan fingerprint density at radius 3 is 2.55 bits per heavy atom. The summed E-state index contributed by atoms with van der Waals surface area (Å²) in [7, 11) is 3.27. The zero-order chi connectivity index (χ0) is 20.5. The Balaban J connectivity index is 1.60. The van der Waals surface area contributed by atoms with Crippen LogP contribution in [0.4, 0.5) is 0 Å². The van der Waals surface area contributed by atoms with Gasteiger partial charge in [-0.2, -0.15) is 0 Å². The highest BCUT2D eigenvalue weighted by Gasteiger charge is 2.15. The SMILES string of the molecule is COCCn1c(SCC(=O)NCc2ccc(OC)cc2)nnc1-c1ccncc1. The van der Waals surface area contributed by atoms with Gasteiger partial charge in [-0.3, -0.25) is 14.3 Å². The minimum absolute atomic E-state index is 0.0717. The molecule has 29 heavy (non-hydrogen) atoms. The summed E-state index contributed by atoms with van der Waals surface area (Å²) in [6.07, 6.45) is 3.42. The number of rotatable bonds is 10. The lowest BCUT2D eigenvalue weighted by Gasteiger charge is -2.10. The average molecular weight is 414 g/mol. The first-order chi connectivity index (χ1) is 14.2. The van der Waals surface area contributed by atoms with Crippen molar-refractivity contribution in [2.45, 2.75) is 18.2 Å². The number of thioether (sulfide) groups is 1. The summed E-state index contributed by atoms with van der Waals surface area (Å²) in [4.78, 5) is 16.3. The van der Waals surface area contributed by atoms with Gasteiger partial charge < -0.3 is 14.8 Å². The zero-order valence-electron chi connectivity index (χ0n) is 16.4. The third kappa shape index (κ3) is 5.78. The maximum Gasteiger partial charge on any atom is 0.230 e. The van der Waals surface area contributed by atoms with Crippen LogP contribution in [0.1, 0.15) is 5.56 Å². The molecule has 0 bridgehead atoms. The summed E-state index contributed by atoms with van der Waals surface area (Å²) in [6.45, 7) is 1.58. The standard InChI is InChI=1S/C20H23N5O3S/c1-27-12-11-25-19(16-7-9-21-10-8-16)23-24-20(25)29-14-18(26)22-13-15-3-5-17(28-2)6-4-15/h3-10H,11-14H2,1-2H3,(H,22,26). The van der Waals surface area contributed by atoms with Gasteiger partial charge in [-0.15, -0.1) is 10.2 Å². The molecule has 0 saturated heterocycles. The van der Waals surface area contributed by atoms with Gasteiger partial charge in [-0.25, -0.2) is 0 Å². The van der Waals surface area contributed by atoms with Gasteiger partial charge in [-0.05, 0) is 29.8 Å². The quantitative estimate of drug-likeness (QED) is 0.510. The minimum atomic E-state index is -0.0717. The van der Waals surface area contributed by atoms with E-state index < -0.39 is 0 Å².